The first-order valence-corrected chi connectivity index (χ1v) is 11.3. The molecule has 3 rings (SSSR count). The Morgan fingerprint density at radius 2 is 2.08 bits per heavy atom. The second kappa shape index (κ2) is 7.65. The molecule has 0 aliphatic carbocycles. The van der Waals surface area contributed by atoms with Crippen molar-refractivity contribution in [2.45, 2.75) is 12.8 Å². The van der Waals surface area contributed by atoms with Gasteiger partial charge in [0, 0.05) is 29.7 Å². The van der Waals surface area contributed by atoms with Gasteiger partial charge in [0.15, 0.2) is 5.01 Å². The maximum Gasteiger partial charge on any atom is 0.211 e. The Morgan fingerprint density at radius 3 is 2.76 bits per heavy atom. The van der Waals surface area contributed by atoms with Crippen LogP contribution in [0.15, 0.2) is 22.7 Å². The minimum atomic E-state index is -3.10. The Hall–Kier alpha value is -1.10. The Kier molecular flexibility index (Phi) is 5.71. The zero-order valence-electron chi connectivity index (χ0n) is 13.6. The van der Waals surface area contributed by atoms with Gasteiger partial charge in [0.1, 0.15) is 5.82 Å². The van der Waals surface area contributed by atoms with E-state index in [0.717, 1.165) is 17.3 Å². The van der Waals surface area contributed by atoms with Gasteiger partial charge in [0.2, 0.25) is 15.2 Å². The van der Waals surface area contributed by atoms with Gasteiger partial charge in [-0.2, -0.15) is 0 Å². The molecule has 1 aromatic heterocycles. The number of piperidine rings is 1. The first-order chi connectivity index (χ1) is 11.8. The molecule has 2 aromatic rings. The van der Waals surface area contributed by atoms with Gasteiger partial charge in [-0.1, -0.05) is 27.3 Å². The van der Waals surface area contributed by atoms with E-state index in [-0.39, 0.29) is 5.82 Å². The zero-order chi connectivity index (χ0) is 18.0. The lowest BCUT2D eigenvalue weighted by molar-refractivity contribution is 0.283. The summed E-state index contributed by atoms with van der Waals surface area (Å²) in [5.74, 6) is 0.0482. The minimum absolute atomic E-state index is 0.334. The summed E-state index contributed by atoms with van der Waals surface area (Å²) >= 11 is 4.63. The number of sulfonamides is 1. The summed E-state index contributed by atoms with van der Waals surface area (Å²) in [5.41, 5.74) is 0.418. The third-order valence-electron chi connectivity index (χ3n) is 4.17. The molecule has 10 heteroatoms. The summed E-state index contributed by atoms with van der Waals surface area (Å²) in [5, 5.41) is 12.5. The molecule has 136 valence electrons. The molecule has 0 saturated carbocycles. The molecule has 0 amide bonds. The molecule has 0 spiro atoms. The van der Waals surface area contributed by atoms with Crippen LogP contribution in [0, 0.1) is 11.7 Å². The SMILES string of the molecule is CS(=O)(=O)N1CCC(CNc2nnc(-c3cc(Br)ccc3F)s2)CC1. The minimum Gasteiger partial charge on any atom is -0.360 e. The van der Waals surface area contributed by atoms with Gasteiger partial charge >= 0.3 is 0 Å². The fourth-order valence-corrected chi connectivity index (χ4v) is 4.75. The molecule has 6 nitrogen and oxygen atoms in total. The maximum atomic E-state index is 13.9. The highest BCUT2D eigenvalue weighted by Gasteiger charge is 2.25. The van der Waals surface area contributed by atoms with E-state index in [1.807, 2.05) is 0 Å². The van der Waals surface area contributed by atoms with Crippen LogP contribution in [0.3, 0.4) is 0 Å². The van der Waals surface area contributed by atoms with Crippen LogP contribution in [0.2, 0.25) is 0 Å². The molecule has 0 bridgehead atoms. The van der Waals surface area contributed by atoms with Crippen LogP contribution in [-0.4, -0.2) is 48.8 Å². The number of halogens is 2. The lowest BCUT2D eigenvalue weighted by Gasteiger charge is -2.30. The van der Waals surface area contributed by atoms with E-state index in [0.29, 0.717) is 41.3 Å². The first kappa shape index (κ1) is 18.7. The standard InChI is InChI=1S/C15H18BrFN4O2S2/c1-25(22,23)21-6-4-10(5-7-21)9-18-15-20-19-14(24-15)12-8-11(16)2-3-13(12)17/h2-3,8,10H,4-7,9H2,1H3,(H,18,20). The predicted octanol–water partition coefficient (Wildman–Crippen LogP) is 3.19. The molecule has 1 aliphatic rings. The summed E-state index contributed by atoms with van der Waals surface area (Å²) in [6.07, 6.45) is 2.87. The van der Waals surface area contributed by atoms with Crippen molar-refractivity contribution in [3.8, 4) is 10.6 Å². The summed E-state index contributed by atoms with van der Waals surface area (Å²) < 4.78 is 39.3. The Labute approximate surface area is 158 Å². The lowest BCUT2D eigenvalue weighted by Crippen LogP contribution is -2.39. The number of nitrogens with one attached hydrogen (secondary N) is 1. The number of benzene rings is 1. The highest BCUT2D eigenvalue weighted by Crippen LogP contribution is 2.31. The number of anilines is 1. The van der Waals surface area contributed by atoms with Gasteiger partial charge in [-0.05, 0) is 37.0 Å². The van der Waals surface area contributed by atoms with Gasteiger partial charge in [-0.15, -0.1) is 10.2 Å². The van der Waals surface area contributed by atoms with Crippen LogP contribution in [0.4, 0.5) is 9.52 Å². The molecule has 25 heavy (non-hydrogen) atoms. The fourth-order valence-electron chi connectivity index (χ4n) is 2.74. The smallest absolute Gasteiger partial charge is 0.211 e. The highest BCUT2D eigenvalue weighted by molar-refractivity contribution is 9.10. The van der Waals surface area contributed by atoms with Crippen molar-refractivity contribution in [1.29, 1.82) is 0 Å². The number of aromatic nitrogens is 2. The molecule has 1 aromatic carbocycles. The number of nitrogens with zero attached hydrogens (tertiary/aromatic N) is 3. The highest BCUT2D eigenvalue weighted by atomic mass is 79.9. The van der Waals surface area contributed by atoms with E-state index in [4.69, 9.17) is 0 Å². The predicted molar refractivity (Wildman–Crippen MR) is 101 cm³/mol. The van der Waals surface area contributed by atoms with Crippen molar-refractivity contribution < 1.29 is 12.8 Å². The van der Waals surface area contributed by atoms with E-state index in [1.54, 1.807) is 12.1 Å². The molecule has 0 unspecified atom stereocenters. The van der Waals surface area contributed by atoms with Crippen molar-refractivity contribution in [3.05, 3.63) is 28.5 Å². The number of hydrogen-bond acceptors (Lipinski definition) is 6. The summed E-state index contributed by atoms with van der Waals surface area (Å²) in [7, 11) is -3.10. The van der Waals surface area contributed by atoms with Crippen molar-refractivity contribution in [1.82, 2.24) is 14.5 Å². The molecule has 0 atom stereocenters. The summed E-state index contributed by atoms with van der Waals surface area (Å²) in [6, 6.07) is 4.71. The summed E-state index contributed by atoms with van der Waals surface area (Å²) in [6.45, 7) is 1.80. The number of hydrogen-bond donors (Lipinski definition) is 1. The van der Waals surface area contributed by atoms with Crippen LogP contribution < -0.4 is 5.32 Å². The largest absolute Gasteiger partial charge is 0.360 e. The van der Waals surface area contributed by atoms with E-state index in [1.165, 1.54) is 28.0 Å². The average Bonchev–Trinajstić information content (AvgIpc) is 3.03. The molecular weight excluding hydrogens is 431 g/mol. The topological polar surface area (TPSA) is 75.2 Å². The zero-order valence-corrected chi connectivity index (χ0v) is 16.8. The van der Waals surface area contributed by atoms with Gasteiger partial charge < -0.3 is 5.32 Å². The second-order valence-electron chi connectivity index (χ2n) is 6.02. The van der Waals surface area contributed by atoms with E-state index in [9.17, 15) is 12.8 Å². The van der Waals surface area contributed by atoms with E-state index < -0.39 is 10.0 Å². The van der Waals surface area contributed by atoms with Gasteiger partial charge in [0.05, 0.1) is 6.26 Å². The molecule has 2 heterocycles. The van der Waals surface area contributed by atoms with E-state index in [2.05, 4.69) is 31.4 Å². The average molecular weight is 449 g/mol. The normalized spacial score (nSPS) is 16.9. The molecular formula is C15H18BrFN4O2S2. The molecule has 1 saturated heterocycles. The number of rotatable bonds is 5. The monoisotopic (exact) mass is 448 g/mol. The molecule has 1 N–H and O–H groups in total. The van der Waals surface area contributed by atoms with Crippen LogP contribution >= 0.6 is 27.3 Å². The Bertz CT molecular complexity index is 851. The Morgan fingerprint density at radius 1 is 1.36 bits per heavy atom. The molecule has 1 fully saturated rings. The maximum absolute atomic E-state index is 13.9. The van der Waals surface area contributed by atoms with Crippen LogP contribution in [0.5, 0.6) is 0 Å². The van der Waals surface area contributed by atoms with Crippen LogP contribution in [0.25, 0.3) is 10.6 Å². The first-order valence-electron chi connectivity index (χ1n) is 7.81. The van der Waals surface area contributed by atoms with Gasteiger partial charge in [-0.25, -0.2) is 17.1 Å². The van der Waals surface area contributed by atoms with Crippen molar-refractivity contribution in [2.24, 2.45) is 5.92 Å². The van der Waals surface area contributed by atoms with Crippen molar-refractivity contribution >= 4 is 42.4 Å². The lowest BCUT2D eigenvalue weighted by atomic mass is 9.98. The Balaban J connectivity index is 1.57. The molecule has 0 radical (unpaired) electrons. The van der Waals surface area contributed by atoms with Gasteiger partial charge in [0.25, 0.3) is 0 Å². The molecule has 1 aliphatic heterocycles. The van der Waals surface area contributed by atoms with E-state index >= 15 is 0 Å². The second-order valence-corrected chi connectivity index (χ2v) is 9.90. The quantitative estimate of drug-likeness (QED) is 0.759. The van der Waals surface area contributed by atoms with Crippen LogP contribution in [0.1, 0.15) is 12.8 Å². The van der Waals surface area contributed by atoms with Crippen LogP contribution in [-0.2, 0) is 10.0 Å². The third-order valence-corrected chi connectivity index (χ3v) is 6.88. The van der Waals surface area contributed by atoms with Crippen molar-refractivity contribution in [3.63, 3.8) is 0 Å². The summed E-state index contributed by atoms with van der Waals surface area (Å²) in [4.78, 5) is 0. The third kappa shape index (κ3) is 4.75. The van der Waals surface area contributed by atoms with Gasteiger partial charge in [-0.3, -0.25) is 0 Å². The van der Waals surface area contributed by atoms with Crippen molar-refractivity contribution in [2.75, 3.05) is 31.2 Å². The fraction of sp³-hybridized carbons (Fsp3) is 0.467.